The largest absolute Gasteiger partial charge is 0.333 e. The predicted molar refractivity (Wildman–Crippen MR) is 72.6 cm³/mol. The van der Waals surface area contributed by atoms with Crippen LogP contribution < -0.4 is 0 Å². The molecule has 1 amide bonds. The Balaban J connectivity index is 2.28. The highest BCUT2D eigenvalue weighted by atomic mass is 32.1. The van der Waals surface area contributed by atoms with Gasteiger partial charge in [-0.3, -0.25) is 4.79 Å². The number of carbonyl (C=O) groups is 1. The van der Waals surface area contributed by atoms with Gasteiger partial charge in [-0.25, -0.2) is 0 Å². The molecule has 2 unspecified atom stereocenters. The molecule has 17 heavy (non-hydrogen) atoms. The van der Waals surface area contributed by atoms with E-state index in [-0.39, 0.29) is 5.91 Å². The maximum atomic E-state index is 12.5. The normalized spacial score (nSPS) is 24.1. The van der Waals surface area contributed by atoms with Crippen LogP contribution in [0.25, 0.3) is 0 Å². The average molecular weight is 249 g/mol. The van der Waals surface area contributed by atoms with Gasteiger partial charge in [-0.15, -0.1) is 12.6 Å². The molecular formula is C14H19NOS. The summed E-state index contributed by atoms with van der Waals surface area (Å²) in [6.07, 6.45) is 3.27. The molecule has 2 rings (SSSR count). The van der Waals surface area contributed by atoms with Gasteiger partial charge in [-0.1, -0.05) is 19.1 Å². The van der Waals surface area contributed by atoms with Crippen molar-refractivity contribution in [2.24, 2.45) is 0 Å². The molecule has 1 aliphatic rings. The lowest BCUT2D eigenvalue weighted by atomic mass is 10.1. The number of hydrogen-bond donors (Lipinski definition) is 1. The fourth-order valence-electron chi connectivity index (χ4n) is 2.63. The molecule has 0 aliphatic carbocycles. The summed E-state index contributed by atoms with van der Waals surface area (Å²) < 4.78 is 0. The van der Waals surface area contributed by atoms with E-state index in [0.29, 0.717) is 12.1 Å². The van der Waals surface area contributed by atoms with Crippen LogP contribution in [0, 0.1) is 0 Å². The molecule has 0 saturated carbocycles. The maximum Gasteiger partial charge on any atom is 0.255 e. The van der Waals surface area contributed by atoms with Crippen LogP contribution in [0.3, 0.4) is 0 Å². The Bertz CT molecular complexity index is 418. The molecular weight excluding hydrogens is 230 g/mol. The topological polar surface area (TPSA) is 20.3 Å². The van der Waals surface area contributed by atoms with Gasteiger partial charge < -0.3 is 4.90 Å². The summed E-state index contributed by atoms with van der Waals surface area (Å²) in [5.74, 6) is 0.132. The van der Waals surface area contributed by atoms with Gasteiger partial charge >= 0.3 is 0 Å². The molecule has 92 valence electrons. The fourth-order valence-corrected chi connectivity index (χ4v) is 2.89. The number of amides is 1. The van der Waals surface area contributed by atoms with E-state index in [1.807, 2.05) is 29.2 Å². The zero-order valence-corrected chi connectivity index (χ0v) is 11.3. The molecule has 0 N–H and O–H groups in total. The highest BCUT2D eigenvalue weighted by Gasteiger charge is 2.33. The highest BCUT2D eigenvalue weighted by Crippen LogP contribution is 2.29. The summed E-state index contributed by atoms with van der Waals surface area (Å²) in [6, 6.07) is 8.28. The van der Waals surface area contributed by atoms with E-state index in [2.05, 4.69) is 26.5 Å². The van der Waals surface area contributed by atoms with Crippen LogP contribution >= 0.6 is 12.6 Å². The van der Waals surface area contributed by atoms with Crippen LogP contribution in [0.5, 0.6) is 0 Å². The number of nitrogens with zero attached hydrogens (tertiary/aromatic N) is 1. The van der Waals surface area contributed by atoms with Crippen LogP contribution in [0.4, 0.5) is 0 Å². The molecule has 2 atom stereocenters. The second-order valence-electron chi connectivity index (χ2n) is 4.72. The van der Waals surface area contributed by atoms with E-state index in [1.54, 1.807) is 0 Å². The van der Waals surface area contributed by atoms with E-state index in [1.165, 1.54) is 0 Å². The maximum absolute atomic E-state index is 12.5. The molecule has 0 aromatic heterocycles. The van der Waals surface area contributed by atoms with E-state index >= 15 is 0 Å². The highest BCUT2D eigenvalue weighted by molar-refractivity contribution is 7.80. The third-order valence-corrected chi connectivity index (χ3v) is 4.02. The van der Waals surface area contributed by atoms with Crippen molar-refractivity contribution in [3.63, 3.8) is 0 Å². The predicted octanol–water partition coefficient (Wildman–Crippen LogP) is 3.38. The Morgan fingerprint density at radius 1 is 1.41 bits per heavy atom. The lowest BCUT2D eigenvalue weighted by Crippen LogP contribution is -2.39. The van der Waals surface area contributed by atoms with Crippen LogP contribution in [0.15, 0.2) is 29.2 Å². The van der Waals surface area contributed by atoms with Crippen molar-refractivity contribution in [2.75, 3.05) is 0 Å². The summed E-state index contributed by atoms with van der Waals surface area (Å²) in [5, 5.41) is 0. The molecule has 1 aliphatic heterocycles. The molecule has 1 aromatic rings. The first kappa shape index (κ1) is 12.5. The Morgan fingerprint density at radius 3 is 2.76 bits per heavy atom. The monoisotopic (exact) mass is 249 g/mol. The van der Waals surface area contributed by atoms with Gasteiger partial charge in [0.2, 0.25) is 0 Å². The van der Waals surface area contributed by atoms with Crippen molar-refractivity contribution in [2.45, 2.75) is 50.1 Å². The zero-order chi connectivity index (χ0) is 12.4. The third-order valence-electron chi connectivity index (χ3n) is 3.63. The second kappa shape index (κ2) is 5.13. The van der Waals surface area contributed by atoms with Gasteiger partial charge in [-0.05, 0) is 38.3 Å². The number of rotatable bonds is 2. The molecule has 2 nitrogen and oxygen atoms in total. The lowest BCUT2D eigenvalue weighted by molar-refractivity contribution is 0.0673. The lowest BCUT2D eigenvalue weighted by Gasteiger charge is -2.28. The van der Waals surface area contributed by atoms with Gasteiger partial charge in [-0.2, -0.15) is 0 Å². The molecule has 0 radical (unpaired) electrons. The van der Waals surface area contributed by atoms with E-state index in [0.717, 1.165) is 29.7 Å². The minimum atomic E-state index is 0.132. The van der Waals surface area contributed by atoms with Gasteiger partial charge in [0.15, 0.2) is 0 Å². The van der Waals surface area contributed by atoms with Crippen molar-refractivity contribution in [3.05, 3.63) is 29.8 Å². The second-order valence-corrected chi connectivity index (χ2v) is 5.20. The molecule has 1 saturated heterocycles. The van der Waals surface area contributed by atoms with E-state index < -0.39 is 0 Å². The van der Waals surface area contributed by atoms with Crippen LogP contribution in [0.1, 0.15) is 43.5 Å². The third kappa shape index (κ3) is 2.34. The summed E-state index contributed by atoms with van der Waals surface area (Å²) in [5.41, 5.74) is 0.725. The van der Waals surface area contributed by atoms with Gasteiger partial charge in [0.05, 0.1) is 5.56 Å². The minimum Gasteiger partial charge on any atom is -0.333 e. The zero-order valence-electron chi connectivity index (χ0n) is 10.4. The summed E-state index contributed by atoms with van der Waals surface area (Å²) in [6.45, 7) is 4.28. The first-order chi connectivity index (χ1) is 8.15. The molecule has 0 bridgehead atoms. The smallest absolute Gasteiger partial charge is 0.255 e. The number of thiol groups is 1. The summed E-state index contributed by atoms with van der Waals surface area (Å²) in [4.78, 5) is 15.3. The minimum absolute atomic E-state index is 0.132. The number of likely N-dealkylation sites (tertiary alicyclic amines) is 1. The van der Waals surface area contributed by atoms with Gasteiger partial charge in [0.1, 0.15) is 0 Å². The Labute approximate surface area is 108 Å². The molecule has 3 heteroatoms. The Hall–Kier alpha value is -0.960. The molecule has 0 spiro atoms. The van der Waals surface area contributed by atoms with Crippen molar-refractivity contribution >= 4 is 18.5 Å². The van der Waals surface area contributed by atoms with Crippen LogP contribution in [0.2, 0.25) is 0 Å². The molecule has 1 heterocycles. The quantitative estimate of drug-likeness (QED) is 0.797. The van der Waals surface area contributed by atoms with Gasteiger partial charge in [0.25, 0.3) is 5.91 Å². The van der Waals surface area contributed by atoms with Crippen LogP contribution in [-0.4, -0.2) is 22.9 Å². The van der Waals surface area contributed by atoms with E-state index in [9.17, 15) is 4.79 Å². The summed E-state index contributed by atoms with van der Waals surface area (Å²) >= 11 is 4.37. The van der Waals surface area contributed by atoms with Crippen molar-refractivity contribution in [1.29, 1.82) is 0 Å². The fraction of sp³-hybridized carbons (Fsp3) is 0.500. The Kier molecular flexibility index (Phi) is 3.77. The van der Waals surface area contributed by atoms with Crippen LogP contribution in [-0.2, 0) is 0 Å². The first-order valence-electron chi connectivity index (χ1n) is 6.25. The SMILES string of the molecule is CCC1CCC(C)N1C(=O)c1ccccc1S. The van der Waals surface area contributed by atoms with Crippen molar-refractivity contribution in [3.8, 4) is 0 Å². The van der Waals surface area contributed by atoms with Crippen molar-refractivity contribution < 1.29 is 4.79 Å². The van der Waals surface area contributed by atoms with Gasteiger partial charge in [0, 0.05) is 17.0 Å². The molecule has 1 aromatic carbocycles. The first-order valence-corrected chi connectivity index (χ1v) is 6.70. The van der Waals surface area contributed by atoms with E-state index in [4.69, 9.17) is 0 Å². The standard InChI is InChI=1S/C14H19NOS/c1-3-11-9-8-10(2)15(11)14(16)12-6-4-5-7-13(12)17/h4-7,10-11,17H,3,8-9H2,1-2H3. The van der Waals surface area contributed by atoms with Crippen molar-refractivity contribution in [1.82, 2.24) is 4.90 Å². The summed E-state index contributed by atoms with van der Waals surface area (Å²) in [7, 11) is 0. The number of hydrogen-bond acceptors (Lipinski definition) is 2. The number of carbonyl (C=O) groups excluding carboxylic acids is 1. The number of benzene rings is 1. The Morgan fingerprint density at radius 2 is 2.12 bits per heavy atom. The average Bonchev–Trinajstić information content (AvgIpc) is 2.70. The molecule has 1 fully saturated rings.